The molecule has 0 spiro atoms. The lowest BCUT2D eigenvalue weighted by Gasteiger charge is -2.30. The predicted molar refractivity (Wildman–Crippen MR) is 135 cm³/mol. The smallest absolute Gasteiger partial charge is 0.173 e. The van der Waals surface area contributed by atoms with Crippen LogP contribution in [0.2, 0.25) is 10.0 Å². The Balaban J connectivity index is 1.65. The van der Waals surface area contributed by atoms with E-state index in [1.54, 1.807) is 12.1 Å². The Bertz CT molecular complexity index is 854. The summed E-state index contributed by atoms with van der Waals surface area (Å²) in [6.45, 7) is 10.7. The number of nitrogens with one attached hydrogen (secondary N) is 1. The molecule has 2 aromatic carbocycles. The van der Waals surface area contributed by atoms with Crippen LogP contribution in [0, 0.1) is 0 Å². The van der Waals surface area contributed by atoms with Crippen molar-refractivity contribution < 1.29 is 4.74 Å². The zero-order valence-electron chi connectivity index (χ0n) is 18.2. The Hall–Kier alpha value is -1.37. The highest BCUT2D eigenvalue weighted by atomic mass is 35.5. The molecule has 0 unspecified atom stereocenters. The fraction of sp³-hybridized carbons (Fsp3) is 0.458. The molecule has 4 nitrogen and oxygen atoms in total. The van der Waals surface area contributed by atoms with Gasteiger partial charge in [-0.15, -0.1) is 0 Å². The van der Waals surface area contributed by atoms with Crippen molar-refractivity contribution in [2.45, 2.75) is 32.7 Å². The summed E-state index contributed by atoms with van der Waals surface area (Å²) in [7, 11) is 0. The summed E-state index contributed by atoms with van der Waals surface area (Å²) in [5.74, 6) is 0.524. The number of thiocarbonyl (C=S) groups is 1. The van der Waals surface area contributed by atoms with Gasteiger partial charge in [0, 0.05) is 38.4 Å². The fourth-order valence-electron chi connectivity index (χ4n) is 3.57. The molecule has 0 aliphatic carbocycles. The van der Waals surface area contributed by atoms with Crippen molar-refractivity contribution in [3.05, 3.63) is 63.6 Å². The molecular weight excluding hydrogens is 449 g/mol. The van der Waals surface area contributed by atoms with E-state index in [0.717, 1.165) is 58.0 Å². The van der Waals surface area contributed by atoms with Crippen molar-refractivity contribution in [2.24, 2.45) is 0 Å². The molecule has 0 bridgehead atoms. The molecule has 3 rings (SSSR count). The number of ether oxygens (including phenoxy) is 1. The van der Waals surface area contributed by atoms with E-state index in [-0.39, 0.29) is 0 Å². The lowest BCUT2D eigenvalue weighted by Crippen LogP contribution is -2.40. The third-order valence-electron chi connectivity index (χ3n) is 5.48. The zero-order chi connectivity index (χ0) is 22.2. The number of nitrogens with zero attached hydrogens (tertiary/aromatic N) is 2. The van der Waals surface area contributed by atoms with Gasteiger partial charge in [-0.1, -0.05) is 61.3 Å². The van der Waals surface area contributed by atoms with Crippen molar-refractivity contribution >= 4 is 46.2 Å². The first kappa shape index (κ1) is 24.3. The third kappa shape index (κ3) is 7.62. The Labute approximate surface area is 201 Å². The highest BCUT2D eigenvalue weighted by Gasteiger charge is 2.14. The number of halogens is 2. The van der Waals surface area contributed by atoms with Gasteiger partial charge in [0.05, 0.1) is 23.3 Å². The van der Waals surface area contributed by atoms with Crippen molar-refractivity contribution in [3.63, 3.8) is 0 Å². The highest BCUT2D eigenvalue weighted by Crippen LogP contribution is 2.25. The summed E-state index contributed by atoms with van der Waals surface area (Å²) in [6.07, 6.45) is 1.03. The van der Waals surface area contributed by atoms with Gasteiger partial charge in [0.15, 0.2) is 5.11 Å². The summed E-state index contributed by atoms with van der Waals surface area (Å²) >= 11 is 18.0. The van der Waals surface area contributed by atoms with Crippen LogP contribution in [0.3, 0.4) is 0 Å². The number of anilines is 1. The molecule has 0 atom stereocenters. The quantitative estimate of drug-likeness (QED) is 0.465. The third-order valence-corrected chi connectivity index (χ3v) is 6.58. The number of morpholine rings is 1. The van der Waals surface area contributed by atoms with Crippen LogP contribution >= 0.6 is 35.4 Å². The second-order valence-electron chi connectivity index (χ2n) is 8.18. The van der Waals surface area contributed by atoms with Gasteiger partial charge in [-0.3, -0.25) is 4.90 Å². The largest absolute Gasteiger partial charge is 0.379 e. The molecule has 7 heteroatoms. The maximum atomic E-state index is 6.17. The first-order chi connectivity index (χ1) is 14.9. The van der Waals surface area contributed by atoms with Crippen molar-refractivity contribution in [1.29, 1.82) is 0 Å². The lowest BCUT2D eigenvalue weighted by atomic mass is 10.0. The molecule has 0 amide bonds. The number of hydrogen-bond acceptors (Lipinski definition) is 3. The molecule has 0 aromatic heterocycles. The average Bonchev–Trinajstić information content (AvgIpc) is 2.76. The Morgan fingerprint density at radius 3 is 2.45 bits per heavy atom. The highest BCUT2D eigenvalue weighted by molar-refractivity contribution is 7.80. The van der Waals surface area contributed by atoms with Crippen molar-refractivity contribution in [1.82, 2.24) is 9.80 Å². The number of hydrogen-bond donors (Lipinski definition) is 1. The van der Waals surface area contributed by atoms with Crippen molar-refractivity contribution in [3.8, 4) is 0 Å². The Morgan fingerprint density at radius 1 is 1.10 bits per heavy atom. The minimum Gasteiger partial charge on any atom is -0.379 e. The van der Waals surface area contributed by atoms with Crippen LogP contribution in [0.15, 0.2) is 42.5 Å². The van der Waals surface area contributed by atoms with E-state index in [1.165, 1.54) is 11.1 Å². The van der Waals surface area contributed by atoms with Gasteiger partial charge in [0.2, 0.25) is 0 Å². The molecule has 1 N–H and O–H groups in total. The SMILES string of the molecule is CC(C)c1ccc(CN(CCCN2CCOCC2)C(=S)Nc2ccc(Cl)c(Cl)c2)cc1. The van der Waals surface area contributed by atoms with Gasteiger partial charge in [-0.25, -0.2) is 0 Å². The number of benzene rings is 2. The van der Waals surface area contributed by atoms with Gasteiger partial charge in [0.1, 0.15) is 0 Å². The van der Waals surface area contributed by atoms with Crippen LogP contribution in [0.5, 0.6) is 0 Å². The molecule has 1 fully saturated rings. The summed E-state index contributed by atoms with van der Waals surface area (Å²) < 4.78 is 5.45. The molecule has 2 aromatic rings. The zero-order valence-corrected chi connectivity index (χ0v) is 20.6. The van der Waals surface area contributed by atoms with E-state index < -0.39 is 0 Å². The summed E-state index contributed by atoms with van der Waals surface area (Å²) in [5, 5.41) is 5.06. The second kappa shape index (κ2) is 12.0. The molecule has 168 valence electrons. The first-order valence-corrected chi connectivity index (χ1v) is 12.0. The van der Waals surface area contributed by atoms with Crippen LogP contribution in [0.1, 0.15) is 37.3 Å². The topological polar surface area (TPSA) is 27.7 Å². The first-order valence-electron chi connectivity index (χ1n) is 10.8. The van der Waals surface area contributed by atoms with Gasteiger partial charge in [-0.2, -0.15) is 0 Å². The monoisotopic (exact) mass is 479 g/mol. The molecule has 1 heterocycles. The lowest BCUT2D eigenvalue weighted by molar-refractivity contribution is 0.0368. The normalized spacial score (nSPS) is 14.6. The molecule has 0 radical (unpaired) electrons. The molecule has 1 aliphatic rings. The van der Waals surface area contributed by atoms with Crippen LogP contribution in [0.25, 0.3) is 0 Å². The minimum atomic E-state index is 0.512. The molecule has 31 heavy (non-hydrogen) atoms. The van der Waals surface area contributed by atoms with E-state index >= 15 is 0 Å². The van der Waals surface area contributed by atoms with E-state index in [4.69, 9.17) is 40.2 Å². The average molecular weight is 481 g/mol. The van der Waals surface area contributed by atoms with E-state index in [2.05, 4.69) is 53.2 Å². The van der Waals surface area contributed by atoms with E-state index in [0.29, 0.717) is 21.1 Å². The van der Waals surface area contributed by atoms with Crippen LogP contribution < -0.4 is 5.32 Å². The van der Waals surface area contributed by atoms with Crippen LogP contribution in [0.4, 0.5) is 5.69 Å². The predicted octanol–water partition coefficient (Wildman–Crippen LogP) is 6.04. The van der Waals surface area contributed by atoms with E-state index in [9.17, 15) is 0 Å². The Morgan fingerprint density at radius 2 is 1.81 bits per heavy atom. The molecule has 1 aliphatic heterocycles. The van der Waals surface area contributed by atoms with Gasteiger partial charge < -0.3 is 15.0 Å². The second-order valence-corrected chi connectivity index (χ2v) is 9.39. The molecule has 0 saturated carbocycles. The molecule has 1 saturated heterocycles. The maximum Gasteiger partial charge on any atom is 0.173 e. The minimum absolute atomic E-state index is 0.512. The van der Waals surface area contributed by atoms with E-state index in [1.807, 2.05) is 6.07 Å². The van der Waals surface area contributed by atoms with Gasteiger partial charge in [0.25, 0.3) is 0 Å². The summed E-state index contributed by atoms with van der Waals surface area (Å²) in [5.41, 5.74) is 3.43. The van der Waals surface area contributed by atoms with Crippen LogP contribution in [-0.2, 0) is 11.3 Å². The number of rotatable bonds is 8. The van der Waals surface area contributed by atoms with Gasteiger partial charge in [-0.05, 0) is 53.9 Å². The summed E-state index contributed by atoms with van der Waals surface area (Å²) in [6, 6.07) is 14.3. The van der Waals surface area contributed by atoms with Crippen molar-refractivity contribution in [2.75, 3.05) is 44.7 Å². The molecular formula is C24H31Cl2N3OS. The standard InChI is InChI=1S/C24H31Cl2N3OS/c1-18(2)20-6-4-19(5-7-20)17-29(11-3-10-28-12-14-30-15-13-28)24(31)27-21-8-9-22(25)23(26)16-21/h4-9,16,18H,3,10-15,17H2,1-2H3,(H,27,31). The Kier molecular flexibility index (Phi) is 9.42. The maximum absolute atomic E-state index is 6.17. The fourth-order valence-corrected chi connectivity index (χ4v) is 4.14. The van der Waals surface area contributed by atoms with Gasteiger partial charge >= 0.3 is 0 Å². The summed E-state index contributed by atoms with van der Waals surface area (Å²) in [4.78, 5) is 4.68. The van der Waals surface area contributed by atoms with Crippen LogP contribution in [-0.4, -0.2) is 54.3 Å².